The number of rotatable bonds is 7. The minimum absolute atomic E-state index is 0.0332. The van der Waals surface area contributed by atoms with Crippen LogP contribution in [0.2, 0.25) is 0 Å². The van der Waals surface area contributed by atoms with Gasteiger partial charge in [0.2, 0.25) is 10.0 Å². The standard InChI is InChI=1S/C20H22N4O5S2/c1-23(2)31(27,28)15-5-6-17(24-8-3-4-9-24)16(11-15)20(26)29-13-18(25)22-19-14(12-21)7-10-30-19/h5-7,10-11H,3-4,8-9,13H2,1-2H3,(H,22,25). The Morgan fingerprint density at radius 2 is 1.97 bits per heavy atom. The van der Waals surface area contributed by atoms with Gasteiger partial charge in [-0.25, -0.2) is 17.5 Å². The maximum atomic E-state index is 12.8. The quantitative estimate of drug-likeness (QED) is 0.627. The number of sulfonamides is 1. The number of hydrogen-bond donors (Lipinski definition) is 1. The van der Waals surface area contributed by atoms with Crippen LogP contribution in [0.1, 0.15) is 28.8 Å². The number of nitrogens with one attached hydrogen (secondary N) is 1. The van der Waals surface area contributed by atoms with Crippen LogP contribution in [0.15, 0.2) is 34.5 Å². The van der Waals surface area contributed by atoms with Crippen molar-refractivity contribution in [1.82, 2.24) is 4.31 Å². The zero-order valence-electron chi connectivity index (χ0n) is 17.1. The highest BCUT2D eigenvalue weighted by Gasteiger charge is 2.25. The number of hydrogen-bond acceptors (Lipinski definition) is 8. The predicted octanol–water partition coefficient (Wildman–Crippen LogP) is 2.27. The molecule has 2 heterocycles. The zero-order chi connectivity index (χ0) is 22.6. The molecule has 0 radical (unpaired) electrons. The van der Waals surface area contributed by atoms with Gasteiger partial charge in [-0.2, -0.15) is 5.26 Å². The molecule has 0 atom stereocenters. The van der Waals surface area contributed by atoms with Crippen molar-refractivity contribution in [3.05, 3.63) is 40.8 Å². The van der Waals surface area contributed by atoms with Gasteiger partial charge in [-0.3, -0.25) is 4.79 Å². The van der Waals surface area contributed by atoms with E-state index in [0.717, 1.165) is 30.2 Å². The fourth-order valence-corrected chi connectivity index (χ4v) is 4.83. The Morgan fingerprint density at radius 3 is 2.61 bits per heavy atom. The third-order valence-electron chi connectivity index (χ3n) is 4.79. The van der Waals surface area contributed by atoms with E-state index in [-0.39, 0.29) is 10.5 Å². The second-order valence-corrected chi connectivity index (χ2v) is 10.1. The molecule has 9 nitrogen and oxygen atoms in total. The first-order chi connectivity index (χ1) is 14.7. The van der Waals surface area contributed by atoms with Gasteiger partial charge in [0.05, 0.1) is 21.7 Å². The van der Waals surface area contributed by atoms with Crippen molar-refractivity contribution < 1.29 is 22.7 Å². The first-order valence-electron chi connectivity index (χ1n) is 9.50. The molecule has 0 aliphatic carbocycles. The van der Waals surface area contributed by atoms with Crippen molar-refractivity contribution in [2.45, 2.75) is 17.7 Å². The normalized spacial score (nSPS) is 13.8. The molecule has 1 amide bonds. The third-order valence-corrected chi connectivity index (χ3v) is 7.43. The van der Waals surface area contributed by atoms with Crippen LogP contribution in [0.5, 0.6) is 0 Å². The summed E-state index contributed by atoms with van der Waals surface area (Å²) in [6.07, 6.45) is 1.94. The largest absolute Gasteiger partial charge is 0.452 e. The fourth-order valence-electron chi connectivity index (χ4n) is 3.15. The van der Waals surface area contributed by atoms with E-state index in [1.165, 1.54) is 37.6 Å². The minimum Gasteiger partial charge on any atom is -0.452 e. The summed E-state index contributed by atoms with van der Waals surface area (Å²) in [5, 5.41) is 13.6. The highest BCUT2D eigenvalue weighted by molar-refractivity contribution is 7.89. The maximum Gasteiger partial charge on any atom is 0.340 e. The number of nitrogens with zero attached hydrogens (tertiary/aromatic N) is 3. The van der Waals surface area contributed by atoms with E-state index in [1.54, 1.807) is 17.5 Å². The van der Waals surface area contributed by atoms with Gasteiger partial charge >= 0.3 is 5.97 Å². The van der Waals surface area contributed by atoms with Crippen LogP contribution >= 0.6 is 11.3 Å². The summed E-state index contributed by atoms with van der Waals surface area (Å²) in [5.74, 6) is -1.38. The van der Waals surface area contributed by atoms with Gasteiger partial charge in [0.25, 0.3) is 5.91 Å². The van der Waals surface area contributed by atoms with Crippen LogP contribution < -0.4 is 10.2 Å². The second kappa shape index (κ2) is 9.47. The molecule has 1 aromatic heterocycles. The molecule has 31 heavy (non-hydrogen) atoms. The molecule has 1 saturated heterocycles. The third kappa shape index (κ3) is 5.04. The molecule has 164 valence electrons. The van der Waals surface area contributed by atoms with Crippen LogP contribution in [-0.4, -0.2) is 58.4 Å². The molecule has 1 fully saturated rings. The van der Waals surface area contributed by atoms with E-state index in [4.69, 9.17) is 10.00 Å². The monoisotopic (exact) mass is 462 g/mol. The van der Waals surface area contributed by atoms with E-state index in [9.17, 15) is 18.0 Å². The summed E-state index contributed by atoms with van der Waals surface area (Å²) in [6.45, 7) is 0.928. The Hall–Kier alpha value is -2.94. The molecule has 1 aromatic carbocycles. The Balaban J connectivity index is 1.80. The van der Waals surface area contributed by atoms with E-state index in [1.807, 2.05) is 11.0 Å². The molecule has 0 spiro atoms. The molecule has 3 rings (SSSR count). The lowest BCUT2D eigenvalue weighted by molar-refractivity contribution is -0.119. The molecule has 0 saturated carbocycles. The zero-order valence-corrected chi connectivity index (χ0v) is 18.8. The van der Waals surface area contributed by atoms with Crippen molar-refractivity contribution in [1.29, 1.82) is 5.26 Å². The van der Waals surface area contributed by atoms with Gasteiger partial charge < -0.3 is 15.0 Å². The second-order valence-electron chi connectivity index (χ2n) is 7.06. The SMILES string of the molecule is CN(C)S(=O)(=O)c1ccc(N2CCCC2)c(C(=O)OCC(=O)Nc2sccc2C#N)c1. The van der Waals surface area contributed by atoms with E-state index in [2.05, 4.69) is 5.32 Å². The van der Waals surface area contributed by atoms with Crippen molar-refractivity contribution in [3.63, 3.8) is 0 Å². The number of amides is 1. The van der Waals surface area contributed by atoms with Crippen LogP contribution in [-0.2, 0) is 19.6 Å². The number of thiophene rings is 1. The highest BCUT2D eigenvalue weighted by Crippen LogP contribution is 2.29. The average molecular weight is 463 g/mol. The smallest absolute Gasteiger partial charge is 0.340 e. The Morgan fingerprint density at radius 1 is 1.26 bits per heavy atom. The lowest BCUT2D eigenvalue weighted by Gasteiger charge is -2.22. The highest BCUT2D eigenvalue weighted by atomic mass is 32.2. The summed E-state index contributed by atoms with van der Waals surface area (Å²) in [7, 11) is -0.930. The van der Waals surface area contributed by atoms with E-state index >= 15 is 0 Å². The number of nitriles is 1. The number of anilines is 2. The van der Waals surface area contributed by atoms with Crippen LogP contribution in [0.4, 0.5) is 10.7 Å². The lowest BCUT2D eigenvalue weighted by atomic mass is 10.1. The van der Waals surface area contributed by atoms with Gasteiger partial charge in [-0.05, 0) is 42.5 Å². The topological polar surface area (TPSA) is 120 Å². The molecule has 0 bridgehead atoms. The van der Waals surface area contributed by atoms with Crippen LogP contribution in [0.3, 0.4) is 0 Å². The van der Waals surface area contributed by atoms with Crippen LogP contribution in [0.25, 0.3) is 0 Å². The molecular formula is C20H22N4O5S2. The first-order valence-corrected chi connectivity index (χ1v) is 11.8. The summed E-state index contributed by atoms with van der Waals surface area (Å²) in [6, 6.07) is 7.89. The molecule has 1 N–H and O–H groups in total. The molecule has 2 aromatic rings. The molecule has 1 aliphatic rings. The van der Waals surface area contributed by atoms with E-state index < -0.39 is 28.5 Å². The van der Waals surface area contributed by atoms with Gasteiger partial charge in [-0.1, -0.05) is 0 Å². The number of carbonyl (C=O) groups is 2. The Kier molecular flexibility index (Phi) is 6.94. The average Bonchev–Trinajstić information content (AvgIpc) is 3.43. The van der Waals surface area contributed by atoms with Gasteiger partial charge in [-0.15, -0.1) is 11.3 Å². The number of benzene rings is 1. The maximum absolute atomic E-state index is 12.8. The van der Waals surface area contributed by atoms with Crippen molar-refractivity contribution in [2.75, 3.05) is 44.0 Å². The number of ether oxygens (including phenoxy) is 1. The molecule has 0 unspecified atom stereocenters. The Bertz CT molecular complexity index is 1130. The summed E-state index contributed by atoms with van der Waals surface area (Å²) >= 11 is 1.19. The van der Waals surface area contributed by atoms with Gasteiger partial charge in [0, 0.05) is 27.2 Å². The van der Waals surface area contributed by atoms with Gasteiger partial charge in [0.1, 0.15) is 11.1 Å². The fraction of sp³-hybridized carbons (Fsp3) is 0.350. The molecule has 11 heteroatoms. The molecular weight excluding hydrogens is 440 g/mol. The van der Waals surface area contributed by atoms with Crippen LogP contribution in [0, 0.1) is 11.3 Å². The number of carbonyl (C=O) groups excluding carboxylic acids is 2. The lowest BCUT2D eigenvalue weighted by Crippen LogP contribution is -2.26. The van der Waals surface area contributed by atoms with Gasteiger partial charge in [0.15, 0.2) is 6.61 Å². The summed E-state index contributed by atoms with van der Waals surface area (Å²) in [4.78, 5) is 26.9. The van der Waals surface area contributed by atoms with Crippen molar-refractivity contribution in [3.8, 4) is 6.07 Å². The molecule has 1 aliphatic heterocycles. The summed E-state index contributed by atoms with van der Waals surface area (Å²) < 4.78 is 31.3. The van der Waals surface area contributed by atoms with E-state index in [0.29, 0.717) is 16.3 Å². The minimum atomic E-state index is -3.75. The number of esters is 1. The first kappa shape index (κ1) is 22.7. The summed E-state index contributed by atoms with van der Waals surface area (Å²) in [5.41, 5.74) is 0.986. The van der Waals surface area contributed by atoms with Crippen molar-refractivity contribution in [2.24, 2.45) is 0 Å². The Labute approximate surface area is 184 Å². The predicted molar refractivity (Wildman–Crippen MR) is 117 cm³/mol. The van der Waals surface area contributed by atoms with Crippen molar-refractivity contribution >= 4 is 43.9 Å².